The van der Waals surface area contributed by atoms with Gasteiger partial charge in [0.15, 0.2) is 0 Å². The highest BCUT2D eigenvalue weighted by atomic mass is 32.1. The Labute approximate surface area is 98.3 Å². The van der Waals surface area contributed by atoms with E-state index in [1.165, 1.54) is 11.8 Å². The molecule has 0 aromatic carbocycles. The van der Waals surface area contributed by atoms with Crippen molar-refractivity contribution in [2.45, 2.75) is 32.2 Å². The van der Waals surface area contributed by atoms with E-state index in [0.717, 1.165) is 12.8 Å². The summed E-state index contributed by atoms with van der Waals surface area (Å²) in [6.45, 7) is 1.46. The molecule has 1 aromatic heterocycles. The molecule has 16 heavy (non-hydrogen) atoms. The van der Waals surface area contributed by atoms with Gasteiger partial charge in [-0.15, -0.1) is 11.3 Å². The predicted octanol–water partition coefficient (Wildman–Crippen LogP) is 1.66. The summed E-state index contributed by atoms with van der Waals surface area (Å²) >= 11 is 1.67. The fourth-order valence-electron chi connectivity index (χ4n) is 1.25. The summed E-state index contributed by atoms with van der Waals surface area (Å²) in [5, 5.41) is 13.0. The molecule has 0 saturated carbocycles. The Kier molecular flexibility index (Phi) is 4.98. The number of amides is 1. The van der Waals surface area contributed by atoms with Crippen molar-refractivity contribution in [3.8, 4) is 0 Å². The van der Waals surface area contributed by atoms with Gasteiger partial charge in [0.1, 0.15) is 6.04 Å². The predicted molar refractivity (Wildman–Crippen MR) is 62.5 cm³/mol. The zero-order valence-electron chi connectivity index (χ0n) is 9.10. The van der Waals surface area contributed by atoms with E-state index in [0.29, 0.717) is 6.42 Å². The molecule has 0 fully saturated rings. The van der Waals surface area contributed by atoms with Crippen molar-refractivity contribution in [2.75, 3.05) is 0 Å². The van der Waals surface area contributed by atoms with Crippen LogP contribution < -0.4 is 5.32 Å². The summed E-state index contributed by atoms with van der Waals surface area (Å²) in [6.07, 6.45) is 1.99. The maximum Gasteiger partial charge on any atom is 0.325 e. The van der Waals surface area contributed by atoms with Crippen LogP contribution in [0.25, 0.3) is 0 Å². The summed E-state index contributed by atoms with van der Waals surface area (Å²) in [7, 11) is 0. The Hall–Kier alpha value is -1.36. The minimum Gasteiger partial charge on any atom is -0.480 e. The second kappa shape index (κ2) is 6.27. The highest BCUT2D eigenvalue weighted by molar-refractivity contribution is 7.09. The first-order chi connectivity index (χ1) is 7.59. The smallest absolute Gasteiger partial charge is 0.325 e. The van der Waals surface area contributed by atoms with Crippen LogP contribution in [0.15, 0.2) is 17.5 Å². The number of aryl methyl sites for hydroxylation is 1. The van der Waals surface area contributed by atoms with Crippen LogP contribution in [0.5, 0.6) is 0 Å². The van der Waals surface area contributed by atoms with Gasteiger partial charge in [-0.05, 0) is 31.2 Å². The average molecular weight is 241 g/mol. The molecule has 0 unspecified atom stereocenters. The number of nitrogens with one attached hydrogen (secondary N) is 1. The minimum absolute atomic E-state index is 0.202. The fraction of sp³-hybridized carbons (Fsp3) is 0.455. The van der Waals surface area contributed by atoms with Gasteiger partial charge < -0.3 is 10.4 Å². The molecule has 0 aliphatic rings. The standard InChI is InChI=1S/C11H15NO3S/c1-8(11(14)15)12-10(13)6-2-4-9-5-3-7-16-9/h3,5,7-8H,2,4,6H2,1H3,(H,12,13)(H,14,15)/t8-/m1/s1. The Morgan fingerprint density at radius 1 is 1.56 bits per heavy atom. The highest BCUT2D eigenvalue weighted by Gasteiger charge is 2.13. The zero-order chi connectivity index (χ0) is 12.0. The Morgan fingerprint density at radius 2 is 2.31 bits per heavy atom. The number of aliphatic carboxylic acids is 1. The molecule has 4 nitrogen and oxygen atoms in total. The topological polar surface area (TPSA) is 66.4 Å². The lowest BCUT2D eigenvalue weighted by Gasteiger charge is -2.08. The molecule has 2 N–H and O–H groups in total. The van der Waals surface area contributed by atoms with Crippen LogP contribution in [0.1, 0.15) is 24.6 Å². The van der Waals surface area contributed by atoms with E-state index in [1.807, 2.05) is 17.5 Å². The van der Waals surface area contributed by atoms with Crippen LogP contribution in [-0.4, -0.2) is 23.0 Å². The third-order valence-electron chi connectivity index (χ3n) is 2.16. The molecule has 0 radical (unpaired) electrons. The third kappa shape index (κ3) is 4.44. The second-order valence-corrected chi connectivity index (χ2v) is 4.59. The van der Waals surface area contributed by atoms with Gasteiger partial charge in [0.25, 0.3) is 0 Å². The number of thiophene rings is 1. The first kappa shape index (κ1) is 12.7. The molecular weight excluding hydrogens is 226 g/mol. The van der Waals surface area contributed by atoms with E-state index in [1.54, 1.807) is 11.3 Å². The largest absolute Gasteiger partial charge is 0.480 e. The van der Waals surface area contributed by atoms with Gasteiger partial charge in [-0.3, -0.25) is 9.59 Å². The minimum atomic E-state index is -1.01. The molecule has 1 heterocycles. The van der Waals surface area contributed by atoms with E-state index in [4.69, 9.17) is 5.11 Å². The van der Waals surface area contributed by atoms with Crippen molar-refractivity contribution >= 4 is 23.2 Å². The SMILES string of the molecule is C[C@@H](NC(=O)CCCc1cccs1)C(=O)O. The molecule has 1 atom stereocenters. The van der Waals surface area contributed by atoms with Gasteiger partial charge in [-0.2, -0.15) is 0 Å². The van der Waals surface area contributed by atoms with Gasteiger partial charge >= 0.3 is 5.97 Å². The summed E-state index contributed by atoms with van der Waals surface area (Å²) < 4.78 is 0. The number of carbonyl (C=O) groups excluding carboxylic acids is 1. The lowest BCUT2D eigenvalue weighted by atomic mass is 10.2. The monoisotopic (exact) mass is 241 g/mol. The summed E-state index contributed by atoms with van der Waals surface area (Å²) in [5.74, 6) is -1.21. The summed E-state index contributed by atoms with van der Waals surface area (Å²) in [5.41, 5.74) is 0. The van der Waals surface area contributed by atoms with Crippen LogP contribution in [0.4, 0.5) is 0 Å². The van der Waals surface area contributed by atoms with Gasteiger partial charge in [-0.1, -0.05) is 6.07 Å². The van der Waals surface area contributed by atoms with E-state index >= 15 is 0 Å². The molecule has 0 aliphatic carbocycles. The number of carboxylic acids is 1. The van der Waals surface area contributed by atoms with Crippen LogP contribution in [-0.2, 0) is 16.0 Å². The summed E-state index contributed by atoms with van der Waals surface area (Å²) in [6, 6.07) is 3.20. The molecule has 0 bridgehead atoms. The van der Waals surface area contributed by atoms with Crippen molar-refractivity contribution in [3.63, 3.8) is 0 Å². The molecule has 0 spiro atoms. The molecule has 88 valence electrons. The molecule has 1 rings (SSSR count). The van der Waals surface area contributed by atoms with E-state index in [9.17, 15) is 9.59 Å². The van der Waals surface area contributed by atoms with Gasteiger partial charge in [0, 0.05) is 11.3 Å². The van der Waals surface area contributed by atoms with Crippen LogP contribution >= 0.6 is 11.3 Å². The second-order valence-electron chi connectivity index (χ2n) is 3.56. The van der Waals surface area contributed by atoms with E-state index in [2.05, 4.69) is 5.32 Å². The first-order valence-electron chi connectivity index (χ1n) is 5.14. The number of hydrogen-bond donors (Lipinski definition) is 2. The lowest BCUT2D eigenvalue weighted by Crippen LogP contribution is -2.38. The fourth-order valence-corrected chi connectivity index (χ4v) is 2.00. The molecule has 0 saturated heterocycles. The molecule has 1 amide bonds. The van der Waals surface area contributed by atoms with Crippen LogP contribution in [0.3, 0.4) is 0 Å². The zero-order valence-corrected chi connectivity index (χ0v) is 9.92. The van der Waals surface area contributed by atoms with Gasteiger partial charge in [0.2, 0.25) is 5.91 Å². The first-order valence-corrected chi connectivity index (χ1v) is 6.02. The third-order valence-corrected chi connectivity index (χ3v) is 3.09. The van der Waals surface area contributed by atoms with Gasteiger partial charge in [0.05, 0.1) is 0 Å². The maximum atomic E-state index is 11.3. The highest BCUT2D eigenvalue weighted by Crippen LogP contribution is 2.11. The normalized spacial score (nSPS) is 12.1. The Bertz CT molecular complexity index is 348. The summed E-state index contributed by atoms with van der Waals surface area (Å²) in [4.78, 5) is 23.0. The number of carbonyl (C=O) groups is 2. The maximum absolute atomic E-state index is 11.3. The van der Waals surface area contributed by atoms with Crippen molar-refractivity contribution < 1.29 is 14.7 Å². The van der Waals surface area contributed by atoms with E-state index in [-0.39, 0.29) is 5.91 Å². The van der Waals surface area contributed by atoms with Gasteiger partial charge in [-0.25, -0.2) is 0 Å². The lowest BCUT2D eigenvalue weighted by molar-refractivity contribution is -0.141. The number of hydrogen-bond acceptors (Lipinski definition) is 3. The van der Waals surface area contributed by atoms with Crippen LogP contribution in [0, 0.1) is 0 Å². The Balaban J connectivity index is 2.18. The average Bonchev–Trinajstić information content (AvgIpc) is 2.70. The van der Waals surface area contributed by atoms with Crippen LogP contribution in [0.2, 0.25) is 0 Å². The number of rotatable bonds is 6. The quantitative estimate of drug-likeness (QED) is 0.796. The molecular formula is C11H15NO3S. The van der Waals surface area contributed by atoms with Crippen molar-refractivity contribution in [2.24, 2.45) is 0 Å². The van der Waals surface area contributed by atoms with Crippen molar-refractivity contribution in [1.82, 2.24) is 5.32 Å². The number of carboxylic acid groups (broad SMARTS) is 1. The molecule has 5 heteroatoms. The van der Waals surface area contributed by atoms with Crippen molar-refractivity contribution in [3.05, 3.63) is 22.4 Å². The Morgan fingerprint density at radius 3 is 2.88 bits per heavy atom. The van der Waals surface area contributed by atoms with Crippen molar-refractivity contribution in [1.29, 1.82) is 0 Å². The van der Waals surface area contributed by atoms with E-state index < -0.39 is 12.0 Å². The molecule has 1 aromatic rings. The molecule has 0 aliphatic heterocycles.